The Kier molecular flexibility index (Phi) is 7.52. The van der Waals surface area contributed by atoms with E-state index in [1.54, 1.807) is 36.1 Å². The number of benzene rings is 2. The lowest BCUT2D eigenvalue weighted by Crippen LogP contribution is -2.37. The Morgan fingerprint density at radius 3 is 2.46 bits per heavy atom. The fourth-order valence-corrected chi connectivity index (χ4v) is 4.79. The van der Waals surface area contributed by atoms with Gasteiger partial charge in [-0.2, -0.15) is 0 Å². The largest absolute Gasteiger partial charge is 0.462 e. The number of rotatable bonds is 8. The quantitative estimate of drug-likeness (QED) is 0.352. The van der Waals surface area contributed by atoms with Gasteiger partial charge < -0.3 is 15.0 Å². The van der Waals surface area contributed by atoms with E-state index in [9.17, 15) is 18.8 Å². The van der Waals surface area contributed by atoms with E-state index in [1.165, 1.54) is 40.5 Å². The van der Waals surface area contributed by atoms with Crippen molar-refractivity contribution in [1.82, 2.24) is 4.90 Å². The summed E-state index contributed by atoms with van der Waals surface area (Å²) < 4.78 is 18.2. The topological polar surface area (TPSA) is 78.9 Å². The molecule has 10 heteroatoms. The van der Waals surface area contributed by atoms with Crippen LogP contribution in [0.5, 0.6) is 0 Å². The summed E-state index contributed by atoms with van der Waals surface area (Å²) in [6.07, 6.45) is -0.140. The minimum atomic E-state index is -0.824. The molecule has 1 aromatic heterocycles. The molecule has 3 aromatic rings. The molecule has 180 valence electrons. The average Bonchev–Trinajstić information content (AvgIpc) is 3.43. The zero-order valence-electron chi connectivity index (χ0n) is 18.8. The molecule has 1 atom stereocenters. The Morgan fingerprint density at radius 2 is 1.83 bits per heavy atom. The molecule has 1 N–H and O–H groups in total. The number of ether oxygens (including phenoxy) is 1. The lowest BCUT2D eigenvalue weighted by atomic mass is 10.1. The highest BCUT2D eigenvalue weighted by Gasteiger charge is 2.44. The van der Waals surface area contributed by atoms with E-state index in [0.717, 1.165) is 4.88 Å². The zero-order chi connectivity index (χ0) is 24.9. The number of thiocarbonyl (C=S) groups is 1. The summed E-state index contributed by atoms with van der Waals surface area (Å²) in [5.74, 6) is -1.60. The van der Waals surface area contributed by atoms with Crippen molar-refractivity contribution >= 4 is 57.8 Å². The van der Waals surface area contributed by atoms with Crippen LogP contribution in [0.3, 0.4) is 0 Å². The second kappa shape index (κ2) is 10.7. The van der Waals surface area contributed by atoms with Crippen LogP contribution in [0.4, 0.5) is 15.8 Å². The predicted molar refractivity (Wildman–Crippen MR) is 136 cm³/mol. The third-order valence-electron chi connectivity index (χ3n) is 5.37. The molecule has 0 radical (unpaired) electrons. The summed E-state index contributed by atoms with van der Waals surface area (Å²) in [6, 6.07) is 14.8. The van der Waals surface area contributed by atoms with Gasteiger partial charge in [0.2, 0.25) is 5.91 Å². The van der Waals surface area contributed by atoms with Crippen LogP contribution < -0.4 is 10.2 Å². The number of halogens is 1. The lowest BCUT2D eigenvalue weighted by molar-refractivity contribution is -0.124. The van der Waals surface area contributed by atoms with E-state index in [1.807, 2.05) is 17.5 Å². The van der Waals surface area contributed by atoms with Crippen molar-refractivity contribution in [3.8, 4) is 0 Å². The second-order valence-electron chi connectivity index (χ2n) is 7.71. The maximum absolute atomic E-state index is 13.5. The normalized spacial score (nSPS) is 15.4. The summed E-state index contributed by atoms with van der Waals surface area (Å²) >= 11 is 7.19. The van der Waals surface area contributed by atoms with Crippen LogP contribution >= 0.6 is 23.6 Å². The van der Waals surface area contributed by atoms with E-state index in [4.69, 9.17) is 17.0 Å². The molecule has 1 aliphatic heterocycles. The first kappa shape index (κ1) is 24.5. The second-order valence-corrected chi connectivity index (χ2v) is 9.10. The van der Waals surface area contributed by atoms with Crippen LogP contribution in [0.25, 0.3) is 0 Å². The van der Waals surface area contributed by atoms with Crippen LogP contribution in [0.2, 0.25) is 0 Å². The van der Waals surface area contributed by atoms with Gasteiger partial charge in [-0.15, -0.1) is 11.3 Å². The first-order chi connectivity index (χ1) is 16.9. The zero-order valence-corrected chi connectivity index (χ0v) is 20.4. The summed E-state index contributed by atoms with van der Waals surface area (Å²) in [5, 5.41) is 4.90. The Bertz CT molecular complexity index is 1230. The molecule has 7 nitrogen and oxygen atoms in total. The van der Waals surface area contributed by atoms with Crippen molar-refractivity contribution in [2.45, 2.75) is 25.9 Å². The van der Waals surface area contributed by atoms with E-state index in [2.05, 4.69) is 5.32 Å². The molecular weight excluding hydrogens is 489 g/mol. The number of nitrogens with zero attached hydrogens (tertiary/aromatic N) is 2. The van der Waals surface area contributed by atoms with Gasteiger partial charge in [0, 0.05) is 10.6 Å². The molecule has 2 amide bonds. The number of hydrogen-bond donors (Lipinski definition) is 1. The van der Waals surface area contributed by atoms with Gasteiger partial charge in [-0.1, -0.05) is 6.07 Å². The highest BCUT2D eigenvalue weighted by molar-refractivity contribution is 7.80. The van der Waals surface area contributed by atoms with Gasteiger partial charge in [0.05, 0.1) is 30.8 Å². The van der Waals surface area contributed by atoms with Crippen molar-refractivity contribution in [3.05, 3.63) is 82.3 Å². The van der Waals surface area contributed by atoms with Crippen molar-refractivity contribution in [3.63, 3.8) is 0 Å². The SMILES string of the molecule is CCOC(=O)c1ccc(N2C(=O)[C@@H](CC(=O)Nc3ccc(F)cc3)N(Cc3cccs3)C2=S)cc1. The first-order valence-corrected chi connectivity index (χ1v) is 12.2. The molecule has 0 unspecified atom stereocenters. The highest BCUT2D eigenvalue weighted by Crippen LogP contribution is 2.30. The molecule has 2 aromatic carbocycles. The van der Waals surface area contributed by atoms with Crippen molar-refractivity contribution < 1.29 is 23.5 Å². The van der Waals surface area contributed by atoms with Crippen LogP contribution in [0, 0.1) is 5.82 Å². The molecular formula is C25H22FN3O4S2. The van der Waals surface area contributed by atoms with Gasteiger partial charge in [-0.3, -0.25) is 14.5 Å². The minimum Gasteiger partial charge on any atom is -0.462 e. The summed E-state index contributed by atoms with van der Waals surface area (Å²) in [5.41, 5.74) is 1.28. The first-order valence-electron chi connectivity index (χ1n) is 10.9. The van der Waals surface area contributed by atoms with Gasteiger partial charge in [-0.05, 0) is 79.1 Å². The Hall–Kier alpha value is -3.63. The molecule has 1 fully saturated rings. The maximum atomic E-state index is 13.5. The highest BCUT2D eigenvalue weighted by atomic mass is 32.1. The van der Waals surface area contributed by atoms with Gasteiger partial charge in [0.25, 0.3) is 5.91 Å². The van der Waals surface area contributed by atoms with Gasteiger partial charge in [0.1, 0.15) is 11.9 Å². The third kappa shape index (κ3) is 5.55. The summed E-state index contributed by atoms with van der Waals surface area (Å²) in [4.78, 5) is 42.3. The minimum absolute atomic E-state index is 0.140. The Balaban J connectivity index is 1.56. The maximum Gasteiger partial charge on any atom is 0.338 e. The number of esters is 1. The number of amides is 2. The standard InChI is InChI=1S/C25H22FN3O4S2/c1-2-33-24(32)16-5-11-19(12-6-16)29-23(31)21(28(25(29)34)15-20-4-3-13-35-20)14-22(30)27-18-9-7-17(26)8-10-18/h3-13,21H,2,14-15H2,1H3,(H,27,30)/t21-/m1/s1. The molecule has 0 aliphatic carbocycles. The van der Waals surface area contributed by atoms with Crippen LogP contribution in [-0.2, 0) is 20.9 Å². The third-order valence-corrected chi connectivity index (χ3v) is 6.65. The van der Waals surface area contributed by atoms with Crippen LogP contribution in [0.15, 0.2) is 66.0 Å². The smallest absolute Gasteiger partial charge is 0.338 e. The number of carbonyl (C=O) groups is 3. The molecule has 2 heterocycles. The number of carbonyl (C=O) groups excluding carboxylic acids is 3. The monoisotopic (exact) mass is 511 g/mol. The number of hydrogen-bond acceptors (Lipinski definition) is 6. The van der Waals surface area contributed by atoms with Gasteiger partial charge in [0.15, 0.2) is 5.11 Å². The molecule has 0 saturated carbocycles. The van der Waals surface area contributed by atoms with E-state index < -0.39 is 23.7 Å². The lowest BCUT2D eigenvalue weighted by Gasteiger charge is -2.23. The summed E-state index contributed by atoms with van der Waals surface area (Å²) in [7, 11) is 0. The Morgan fingerprint density at radius 1 is 1.11 bits per heavy atom. The predicted octanol–water partition coefficient (Wildman–Crippen LogP) is 4.60. The number of anilines is 2. The van der Waals surface area contributed by atoms with E-state index >= 15 is 0 Å². The summed E-state index contributed by atoms with van der Waals surface area (Å²) in [6.45, 7) is 2.35. The van der Waals surface area contributed by atoms with Crippen molar-refractivity contribution in [2.24, 2.45) is 0 Å². The molecule has 1 saturated heterocycles. The molecule has 1 aliphatic rings. The van der Waals surface area contributed by atoms with E-state index in [0.29, 0.717) is 23.5 Å². The molecule has 0 spiro atoms. The van der Waals surface area contributed by atoms with Gasteiger partial charge >= 0.3 is 5.97 Å². The van der Waals surface area contributed by atoms with E-state index in [-0.39, 0.29) is 24.0 Å². The Labute approximate surface area is 211 Å². The molecule has 0 bridgehead atoms. The van der Waals surface area contributed by atoms with Gasteiger partial charge in [-0.25, -0.2) is 9.18 Å². The van der Waals surface area contributed by atoms with Crippen LogP contribution in [0.1, 0.15) is 28.6 Å². The average molecular weight is 512 g/mol. The van der Waals surface area contributed by atoms with Crippen molar-refractivity contribution in [2.75, 3.05) is 16.8 Å². The fraction of sp³-hybridized carbons (Fsp3) is 0.200. The van der Waals surface area contributed by atoms with Crippen molar-refractivity contribution in [1.29, 1.82) is 0 Å². The number of thiophene rings is 1. The molecule has 4 rings (SSSR count). The molecule has 35 heavy (non-hydrogen) atoms. The fourth-order valence-electron chi connectivity index (χ4n) is 3.70. The number of nitrogens with one attached hydrogen (secondary N) is 1. The van der Waals surface area contributed by atoms with Crippen LogP contribution in [-0.4, -0.2) is 40.4 Å².